The summed E-state index contributed by atoms with van der Waals surface area (Å²) in [5.41, 5.74) is 2.35. The van der Waals surface area contributed by atoms with E-state index < -0.39 is 0 Å². The average molecular weight is 223 g/mol. The Morgan fingerprint density at radius 3 is 2.87 bits per heavy atom. The fraction of sp³-hybridized carbons (Fsp3) is 0.462. The molecule has 1 aromatic carbocycles. The van der Waals surface area contributed by atoms with Crippen molar-refractivity contribution in [1.29, 1.82) is 0 Å². The predicted octanol–water partition coefficient (Wildman–Crippen LogP) is 3.59. The molecule has 0 bridgehead atoms. The van der Waals surface area contributed by atoms with Crippen molar-refractivity contribution < 1.29 is 4.79 Å². The minimum atomic E-state index is -0.265. The molecule has 0 heterocycles. The van der Waals surface area contributed by atoms with Crippen molar-refractivity contribution in [3.63, 3.8) is 0 Å². The van der Waals surface area contributed by atoms with E-state index in [0.717, 1.165) is 24.2 Å². The third-order valence-corrected chi connectivity index (χ3v) is 3.62. The van der Waals surface area contributed by atoms with E-state index in [1.807, 2.05) is 26.0 Å². The molecular formula is C13H15ClO. The molecule has 0 fully saturated rings. The lowest BCUT2D eigenvalue weighted by Gasteiger charge is -2.26. The van der Waals surface area contributed by atoms with Crippen molar-refractivity contribution in [2.45, 2.75) is 32.6 Å². The van der Waals surface area contributed by atoms with E-state index in [1.54, 1.807) is 0 Å². The van der Waals surface area contributed by atoms with E-state index in [9.17, 15) is 4.79 Å². The SMILES string of the molecule is CC(C)(C=O)C1CCc2cc(Cl)ccc21. The largest absolute Gasteiger partial charge is 0.303 e. The highest BCUT2D eigenvalue weighted by Gasteiger charge is 2.35. The van der Waals surface area contributed by atoms with Crippen LogP contribution in [0.4, 0.5) is 0 Å². The van der Waals surface area contributed by atoms with Crippen LogP contribution >= 0.6 is 11.6 Å². The number of rotatable bonds is 2. The lowest BCUT2D eigenvalue weighted by Crippen LogP contribution is -2.21. The molecule has 0 saturated carbocycles. The van der Waals surface area contributed by atoms with Gasteiger partial charge in [0.25, 0.3) is 0 Å². The summed E-state index contributed by atoms with van der Waals surface area (Å²) in [6.07, 6.45) is 3.17. The van der Waals surface area contributed by atoms with E-state index in [1.165, 1.54) is 11.1 Å². The molecule has 80 valence electrons. The maximum absolute atomic E-state index is 11.1. The Morgan fingerprint density at radius 1 is 1.47 bits per heavy atom. The Kier molecular flexibility index (Phi) is 2.59. The second-order valence-corrected chi connectivity index (χ2v) is 5.31. The summed E-state index contributed by atoms with van der Waals surface area (Å²) in [5, 5.41) is 0.790. The molecule has 1 aliphatic carbocycles. The van der Waals surface area contributed by atoms with Crippen molar-refractivity contribution in [2.75, 3.05) is 0 Å². The van der Waals surface area contributed by atoms with E-state index in [4.69, 9.17) is 11.6 Å². The van der Waals surface area contributed by atoms with Crippen molar-refractivity contribution in [3.8, 4) is 0 Å². The molecule has 0 aliphatic heterocycles. The number of hydrogen-bond donors (Lipinski definition) is 0. The zero-order chi connectivity index (χ0) is 11.1. The standard InChI is InChI=1S/C13H15ClO/c1-13(2,8-15)12-6-3-9-7-10(14)4-5-11(9)12/h4-5,7-8,12H,3,6H2,1-2H3. The van der Waals surface area contributed by atoms with Gasteiger partial charge in [-0.15, -0.1) is 0 Å². The van der Waals surface area contributed by atoms with Crippen LogP contribution in [0.15, 0.2) is 18.2 Å². The van der Waals surface area contributed by atoms with Gasteiger partial charge in [-0.05, 0) is 42.0 Å². The summed E-state index contributed by atoms with van der Waals surface area (Å²) >= 11 is 5.95. The first kappa shape index (κ1) is 10.7. The number of halogens is 1. The molecule has 0 spiro atoms. The minimum absolute atomic E-state index is 0.265. The summed E-state index contributed by atoms with van der Waals surface area (Å²) in [7, 11) is 0. The molecule has 1 nitrogen and oxygen atoms in total. The van der Waals surface area contributed by atoms with Gasteiger partial charge in [-0.25, -0.2) is 0 Å². The molecule has 0 aromatic heterocycles. The van der Waals surface area contributed by atoms with Crippen molar-refractivity contribution in [3.05, 3.63) is 34.3 Å². The van der Waals surface area contributed by atoms with Gasteiger partial charge in [0.1, 0.15) is 6.29 Å². The van der Waals surface area contributed by atoms with Gasteiger partial charge < -0.3 is 4.79 Å². The second kappa shape index (κ2) is 3.64. The molecule has 0 radical (unpaired) electrons. The number of carbonyl (C=O) groups excluding carboxylic acids is 1. The Morgan fingerprint density at radius 2 is 2.20 bits per heavy atom. The normalized spacial score (nSPS) is 20.1. The number of aldehydes is 1. The van der Waals surface area contributed by atoms with Crippen LogP contribution in [-0.4, -0.2) is 6.29 Å². The molecule has 0 amide bonds. The van der Waals surface area contributed by atoms with Crippen molar-refractivity contribution in [1.82, 2.24) is 0 Å². The predicted molar refractivity (Wildman–Crippen MR) is 62.4 cm³/mol. The first-order chi connectivity index (χ1) is 7.04. The van der Waals surface area contributed by atoms with Gasteiger partial charge in [-0.3, -0.25) is 0 Å². The number of carbonyl (C=O) groups is 1. The molecule has 1 aliphatic rings. The quantitative estimate of drug-likeness (QED) is 0.699. The Bertz CT molecular complexity index is 396. The van der Waals surface area contributed by atoms with Gasteiger partial charge in [0, 0.05) is 10.4 Å². The van der Waals surface area contributed by atoms with Crippen LogP contribution in [0.1, 0.15) is 37.3 Å². The minimum Gasteiger partial charge on any atom is -0.303 e. The van der Waals surface area contributed by atoms with Gasteiger partial charge in [-0.2, -0.15) is 0 Å². The third kappa shape index (κ3) is 1.81. The smallest absolute Gasteiger partial charge is 0.126 e. The van der Waals surface area contributed by atoms with E-state index >= 15 is 0 Å². The number of benzene rings is 1. The molecule has 2 heteroatoms. The summed E-state index contributed by atoms with van der Waals surface area (Å²) in [5.74, 6) is 0.349. The van der Waals surface area contributed by atoms with Crippen LogP contribution in [0.25, 0.3) is 0 Å². The summed E-state index contributed by atoms with van der Waals surface area (Å²) in [6, 6.07) is 6.01. The topological polar surface area (TPSA) is 17.1 Å². The van der Waals surface area contributed by atoms with Crippen LogP contribution < -0.4 is 0 Å². The van der Waals surface area contributed by atoms with Crippen molar-refractivity contribution >= 4 is 17.9 Å². The molecule has 0 saturated heterocycles. The van der Waals surface area contributed by atoms with E-state index in [-0.39, 0.29) is 5.41 Å². The van der Waals surface area contributed by atoms with Crippen molar-refractivity contribution in [2.24, 2.45) is 5.41 Å². The number of hydrogen-bond acceptors (Lipinski definition) is 1. The third-order valence-electron chi connectivity index (χ3n) is 3.38. The summed E-state index contributed by atoms with van der Waals surface area (Å²) in [6.45, 7) is 4.02. The van der Waals surface area contributed by atoms with E-state index in [0.29, 0.717) is 5.92 Å². The molecular weight excluding hydrogens is 208 g/mol. The highest BCUT2D eigenvalue weighted by atomic mass is 35.5. The zero-order valence-electron chi connectivity index (χ0n) is 9.09. The van der Waals surface area contributed by atoms with Crippen LogP contribution in [0.3, 0.4) is 0 Å². The average Bonchev–Trinajstić information content (AvgIpc) is 2.61. The monoisotopic (exact) mass is 222 g/mol. The Hall–Kier alpha value is -0.820. The van der Waals surface area contributed by atoms with Crippen LogP contribution in [-0.2, 0) is 11.2 Å². The fourth-order valence-corrected chi connectivity index (χ4v) is 2.64. The van der Waals surface area contributed by atoms with Gasteiger partial charge in [0.15, 0.2) is 0 Å². The molecule has 15 heavy (non-hydrogen) atoms. The first-order valence-corrected chi connectivity index (χ1v) is 5.67. The van der Waals surface area contributed by atoms with Crippen LogP contribution in [0.5, 0.6) is 0 Å². The summed E-state index contributed by atoms with van der Waals surface area (Å²) < 4.78 is 0. The molecule has 1 unspecified atom stereocenters. The molecule has 0 N–H and O–H groups in total. The maximum atomic E-state index is 11.1. The zero-order valence-corrected chi connectivity index (χ0v) is 9.84. The Balaban J connectivity index is 2.41. The highest BCUT2D eigenvalue weighted by Crippen LogP contribution is 2.44. The van der Waals surface area contributed by atoms with Crippen LogP contribution in [0, 0.1) is 5.41 Å². The van der Waals surface area contributed by atoms with Gasteiger partial charge in [0.2, 0.25) is 0 Å². The van der Waals surface area contributed by atoms with Gasteiger partial charge in [0.05, 0.1) is 0 Å². The molecule has 2 rings (SSSR count). The fourth-order valence-electron chi connectivity index (χ4n) is 2.44. The lowest BCUT2D eigenvalue weighted by molar-refractivity contribution is -0.115. The van der Waals surface area contributed by atoms with E-state index in [2.05, 4.69) is 6.07 Å². The first-order valence-electron chi connectivity index (χ1n) is 5.29. The number of aryl methyl sites for hydroxylation is 1. The Labute approximate surface area is 95.4 Å². The highest BCUT2D eigenvalue weighted by molar-refractivity contribution is 6.30. The second-order valence-electron chi connectivity index (χ2n) is 4.87. The van der Waals surface area contributed by atoms with Gasteiger partial charge >= 0.3 is 0 Å². The molecule has 1 aromatic rings. The maximum Gasteiger partial charge on any atom is 0.126 e. The lowest BCUT2D eigenvalue weighted by atomic mass is 9.77. The molecule has 1 atom stereocenters. The number of fused-ring (bicyclic) bond motifs is 1. The summed E-state index contributed by atoms with van der Waals surface area (Å²) in [4.78, 5) is 11.1. The van der Waals surface area contributed by atoms with Crippen LogP contribution in [0.2, 0.25) is 5.02 Å². The van der Waals surface area contributed by atoms with Gasteiger partial charge in [-0.1, -0.05) is 31.5 Å².